The number of rotatable bonds is 14. The van der Waals surface area contributed by atoms with Crippen LogP contribution in [0.15, 0.2) is 119 Å². The first-order valence-electron chi connectivity index (χ1n) is 22.2. The minimum absolute atomic E-state index is 0.287. The SMILES string of the molecule is Fc1ccc2c(C3CCN(CCCOc4cccc5cc[nH]c45)CC3)noc2c1.Fc1ccc2c(C3CCN(CCCOc4cccc5cc[nH]c45)CC3)noc2c1.O=C(O)/C=C/C(=O)O. The number of benzene rings is 4. The molecule has 0 saturated carbocycles. The quantitative estimate of drug-likeness (QED) is 0.0600. The number of aromatic nitrogens is 4. The second kappa shape index (κ2) is 21.8. The molecule has 10 rings (SSSR count). The molecular weight excluding hydrogens is 851 g/mol. The first kappa shape index (κ1) is 45.5. The summed E-state index contributed by atoms with van der Waals surface area (Å²) in [5, 5.41) is 28.3. The van der Waals surface area contributed by atoms with Gasteiger partial charge < -0.3 is 48.5 Å². The Morgan fingerprint density at radius 1 is 0.636 bits per heavy atom. The average Bonchev–Trinajstić information content (AvgIpc) is 4.16. The monoisotopic (exact) mass is 902 g/mol. The number of para-hydroxylation sites is 2. The number of H-pyrrole nitrogens is 2. The normalized spacial score (nSPS) is 15.2. The molecule has 344 valence electrons. The second-order valence-electron chi connectivity index (χ2n) is 16.5. The van der Waals surface area contributed by atoms with Gasteiger partial charge in [0.15, 0.2) is 11.2 Å². The van der Waals surface area contributed by atoms with Crippen LogP contribution in [0.4, 0.5) is 8.78 Å². The summed E-state index contributed by atoms with van der Waals surface area (Å²) >= 11 is 0. The Hall–Kier alpha value is -7.04. The van der Waals surface area contributed by atoms with Crippen molar-refractivity contribution in [1.82, 2.24) is 30.1 Å². The Morgan fingerprint density at radius 3 is 1.47 bits per heavy atom. The summed E-state index contributed by atoms with van der Waals surface area (Å²) in [6.45, 7) is 7.60. The van der Waals surface area contributed by atoms with Crippen molar-refractivity contribution in [3.05, 3.63) is 132 Å². The number of carboxylic acids is 2. The number of nitrogens with zero attached hydrogens (tertiary/aromatic N) is 4. The maximum Gasteiger partial charge on any atom is 0.328 e. The lowest BCUT2D eigenvalue weighted by Gasteiger charge is -2.31. The fraction of sp³-hybridized carbons (Fsp3) is 0.320. The van der Waals surface area contributed by atoms with Gasteiger partial charge in [-0.2, -0.15) is 0 Å². The number of hydrogen-bond donors (Lipinski definition) is 4. The maximum absolute atomic E-state index is 13.3. The summed E-state index contributed by atoms with van der Waals surface area (Å²) in [5.74, 6) is -0.505. The van der Waals surface area contributed by atoms with Gasteiger partial charge in [-0.1, -0.05) is 34.6 Å². The average molecular weight is 903 g/mol. The number of aliphatic carboxylic acids is 2. The molecule has 16 heteroatoms. The molecule has 4 aromatic heterocycles. The number of nitrogens with one attached hydrogen (secondary N) is 2. The van der Waals surface area contributed by atoms with E-state index in [9.17, 15) is 18.4 Å². The molecular formula is C50H52F2N6O8. The number of carboxylic acid groups (broad SMARTS) is 2. The molecule has 0 unspecified atom stereocenters. The molecule has 6 heterocycles. The Bertz CT molecular complexity index is 2690. The third kappa shape index (κ3) is 11.6. The fourth-order valence-electron chi connectivity index (χ4n) is 8.75. The smallest absolute Gasteiger partial charge is 0.328 e. The van der Waals surface area contributed by atoms with E-state index in [1.165, 1.54) is 35.0 Å². The first-order chi connectivity index (χ1) is 32.2. The van der Waals surface area contributed by atoms with Gasteiger partial charge in [0, 0.05) is 83.1 Å². The van der Waals surface area contributed by atoms with Gasteiger partial charge in [-0.05, 0) is 113 Å². The Balaban J connectivity index is 0.000000154. The van der Waals surface area contributed by atoms with Crippen LogP contribution in [0.5, 0.6) is 11.5 Å². The van der Waals surface area contributed by atoms with Gasteiger partial charge in [0.2, 0.25) is 0 Å². The van der Waals surface area contributed by atoms with Crippen molar-refractivity contribution in [2.24, 2.45) is 0 Å². The van der Waals surface area contributed by atoms with Crippen LogP contribution in [0.2, 0.25) is 0 Å². The van der Waals surface area contributed by atoms with E-state index in [4.69, 9.17) is 28.7 Å². The molecule has 2 aliphatic heterocycles. The summed E-state index contributed by atoms with van der Waals surface area (Å²) in [6, 6.07) is 25.7. The van der Waals surface area contributed by atoms with Crippen LogP contribution in [-0.2, 0) is 9.59 Å². The number of carbonyl (C=O) groups is 2. The molecule has 0 atom stereocenters. The van der Waals surface area contributed by atoms with Crippen molar-refractivity contribution in [1.29, 1.82) is 0 Å². The van der Waals surface area contributed by atoms with Gasteiger partial charge in [0.05, 0.1) is 35.6 Å². The number of halogens is 2. The number of likely N-dealkylation sites (tertiary alicyclic amines) is 2. The summed E-state index contributed by atoms with van der Waals surface area (Å²) < 4.78 is 49.4. The molecule has 4 aromatic carbocycles. The number of fused-ring (bicyclic) bond motifs is 4. The number of aromatic amines is 2. The van der Waals surface area contributed by atoms with Crippen LogP contribution in [0.3, 0.4) is 0 Å². The highest BCUT2D eigenvalue weighted by molar-refractivity contribution is 5.89. The highest BCUT2D eigenvalue weighted by Gasteiger charge is 2.26. The summed E-state index contributed by atoms with van der Waals surface area (Å²) in [7, 11) is 0. The number of ether oxygens (including phenoxy) is 2. The third-order valence-corrected chi connectivity index (χ3v) is 12.1. The highest BCUT2D eigenvalue weighted by atomic mass is 19.1. The van der Waals surface area contributed by atoms with E-state index >= 15 is 0 Å². The van der Waals surface area contributed by atoms with Crippen LogP contribution in [0, 0.1) is 11.6 Å². The van der Waals surface area contributed by atoms with E-state index in [1.54, 1.807) is 12.1 Å². The first-order valence-corrected chi connectivity index (χ1v) is 22.2. The molecule has 2 fully saturated rings. The van der Waals surface area contributed by atoms with Gasteiger partial charge in [0.1, 0.15) is 23.1 Å². The zero-order valence-corrected chi connectivity index (χ0v) is 36.3. The van der Waals surface area contributed by atoms with Crippen molar-refractivity contribution in [2.75, 3.05) is 52.5 Å². The molecule has 4 N–H and O–H groups in total. The molecule has 2 aliphatic rings. The van der Waals surface area contributed by atoms with Crippen LogP contribution >= 0.6 is 0 Å². The largest absolute Gasteiger partial charge is 0.491 e. The molecule has 14 nitrogen and oxygen atoms in total. The molecule has 0 spiro atoms. The van der Waals surface area contributed by atoms with Crippen LogP contribution in [0.25, 0.3) is 43.7 Å². The van der Waals surface area contributed by atoms with Gasteiger partial charge in [-0.15, -0.1) is 0 Å². The van der Waals surface area contributed by atoms with E-state index in [-0.39, 0.29) is 11.6 Å². The number of hydrogen-bond acceptors (Lipinski definition) is 10. The van der Waals surface area contributed by atoms with Crippen molar-refractivity contribution in [3.8, 4) is 11.5 Å². The molecule has 2 saturated heterocycles. The molecule has 0 aliphatic carbocycles. The summed E-state index contributed by atoms with van der Waals surface area (Å²) in [4.78, 5) is 30.6. The lowest BCUT2D eigenvalue weighted by Crippen LogP contribution is -2.34. The number of piperidine rings is 2. The highest BCUT2D eigenvalue weighted by Crippen LogP contribution is 2.34. The van der Waals surface area contributed by atoms with Crippen molar-refractivity contribution in [2.45, 2.75) is 50.4 Å². The van der Waals surface area contributed by atoms with Crippen molar-refractivity contribution >= 4 is 55.7 Å². The van der Waals surface area contributed by atoms with E-state index in [0.717, 1.165) is 122 Å². The minimum atomic E-state index is -1.26. The van der Waals surface area contributed by atoms with Gasteiger partial charge >= 0.3 is 11.9 Å². The van der Waals surface area contributed by atoms with Crippen molar-refractivity contribution < 1.29 is 47.1 Å². The summed E-state index contributed by atoms with van der Waals surface area (Å²) in [5.41, 5.74) is 5.15. The molecule has 0 radical (unpaired) electrons. The van der Waals surface area contributed by atoms with Crippen LogP contribution < -0.4 is 9.47 Å². The maximum atomic E-state index is 13.3. The molecule has 0 bridgehead atoms. The van der Waals surface area contributed by atoms with E-state index in [0.29, 0.717) is 48.4 Å². The predicted molar refractivity (Wildman–Crippen MR) is 246 cm³/mol. The van der Waals surface area contributed by atoms with Gasteiger partial charge in [0.25, 0.3) is 0 Å². The van der Waals surface area contributed by atoms with E-state index in [1.807, 2.05) is 36.7 Å². The summed E-state index contributed by atoms with van der Waals surface area (Å²) in [6.07, 6.45) is 11.2. The van der Waals surface area contributed by atoms with Crippen LogP contribution in [0.1, 0.15) is 61.7 Å². The Labute approximate surface area is 378 Å². The van der Waals surface area contributed by atoms with Crippen LogP contribution in [-0.4, -0.2) is 105 Å². The second-order valence-corrected chi connectivity index (χ2v) is 16.5. The Morgan fingerprint density at radius 2 is 1.06 bits per heavy atom. The Kier molecular flexibility index (Phi) is 15.0. The standard InChI is InChI=1S/2C23H24FN3O2.C4H4O4/c2*24-18-5-6-19-21(15-18)29-26-22(19)17-8-12-27(13-9-17)11-2-14-28-20-4-1-3-16-7-10-25-23(16)20;5-3(6)1-2-4(7)8/h2*1,3-7,10,15,17,25H,2,8-9,11-14H2;1-2H,(H,5,6)(H,7,8)/b;;2-1+. The van der Waals surface area contributed by atoms with Gasteiger partial charge in [-0.3, -0.25) is 0 Å². The van der Waals surface area contributed by atoms with E-state index in [2.05, 4.69) is 54.3 Å². The fourth-order valence-corrected chi connectivity index (χ4v) is 8.75. The lowest BCUT2D eigenvalue weighted by atomic mass is 9.91. The zero-order valence-electron chi connectivity index (χ0n) is 36.3. The minimum Gasteiger partial charge on any atom is -0.491 e. The molecule has 8 aromatic rings. The van der Waals surface area contributed by atoms with Crippen molar-refractivity contribution in [3.63, 3.8) is 0 Å². The molecule has 66 heavy (non-hydrogen) atoms. The van der Waals surface area contributed by atoms with E-state index < -0.39 is 11.9 Å². The lowest BCUT2D eigenvalue weighted by molar-refractivity contribution is -0.134. The topological polar surface area (TPSA) is 183 Å². The van der Waals surface area contributed by atoms with Gasteiger partial charge in [-0.25, -0.2) is 18.4 Å². The molecule has 0 amide bonds. The third-order valence-electron chi connectivity index (χ3n) is 12.1. The predicted octanol–water partition coefficient (Wildman–Crippen LogP) is 9.91. The zero-order chi connectivity index (χ0) is 45.8.